The third kappa shape index (κ3) is 2.54. The van der Waals surface area contributed by atoms with Crippen molar-refractivity contribution in [2.24, 2.45) is 0 Å². The summed E-state index contributed by atoms with van der Waals surface area (Å²) in [6.45, 7) is 2.18. The number of hydrogen-bond acceptors (Lipinski definition) is 2. The van der Waals surface area contributed by atoms with Crippen LogP contribution in [0.4, 0.5) is 5.69 Å². The molecule has 1 N–H and O–H groups in total. The zero-order valence-corrected chi connectivity index (χ0v) is 9.35. The highest BCUT2D eigenvalue weighted by Gasteiger charge is 2.10. The molecule has 2 rings (SSSR count). The second kappa shape index (κ2) is 5.01. The molecule has 1 aliphatic rings. The van der Waals surface area contributed by atoms with E-state index in [1.54, 1.807) is 12.1 Å². The lowest BCUT2D eigenvalue weighted by Crippen LogP contribution is -2.23. The zero-order chi connectivity index (χ0) is 11.4. The first-order valence-corrected chi connectivity index (χ1v) is 5.86. The molecule has 1 aromatic carbocycles. The molecule has 0 unspecified atom stereocenters. The van der Waals surface area contributed by atoms with Gasteiger partial charge in [0.2, 0.25) is 0 Å². The van der Waals surface area contributed by atoms with Crippen molar-refractivity contribution in [2.45, 2.75) is 25.7 Å². The number of nitrogens with zero attached hydrogens (tertiary/aromatic N) is 1. The van der Waals surface area contributed by atoms with Gasteiger partial charge in [0, 0.05) is 18.8 Å². The summed E-state index contributed by atoms with van der Waals surface area (Å²) in [6, 6.07) is 7.19. The van der Waals surface area contributed by atoms with Gasteiger partial charge in [-0.25, -0.2) is 4.79 Å². The highest BCUT2D eigenvalue weighted by Crippen LogP contribution is 2.19. The van der Waals surface area contributed by atoms with Gasteiger partial charge in [-0.1, -0.05) is 12.8 Å². The number of hydrogen-bond donors (Lipinski definition) is 1. The van der Waals surface area contributed by atoms with E-state index < -0.39 is 5.97 Å². The van der Waals surface area contributed by atoms with Crippen LogP contribution < -0.4 is 4.90 Å². The smallest absolute Gasteiger partial charge is 0.335 e. The van der Waals surface area contributed by atoms with Gasteiger partial charge in [0.05, 0.1) is 5.56 Å². The Labute approximate surface area is 95.7 Å². The predicted molar refractivity (Wildman–Crippen MR) is 64.1 cm³/mol. The molecule has 1 saturated heterocycles. The molecule has 0 spiro atoms. The van der Waals surface area contributed by atoms with Gasteiger partial charge in [-0.15, -0.1) is 0 Å². The molecule has 1 aliphatic heterocycles. The fourth-order valence-corrected chi connectivity index (χ4v) is 2.14. The van der Waals surface area contributed by atoms with E-state index in [1.807, 2.05) is 12.1 Å². The van der Waals surface area contributed by atoms with Crippen molar-refractivity contribution in [2.75, 3.05) is 18.0 Å². The maximum Gasteiger partial charge on any atom is 0.335 e. The molecule has 1 aromatic rings. The minimum Gasteiger partial charge on any atom is -0.478 e. The first kappa shape index (κ1) is 11.0. The van der Waals surface area contributed by atoms with Gasteiger partial charge < -0.3 is 10.0 Å². The minimum atomic E-state index is -0.859. The van der Waals surface area contributed by atoms with Gasteiger partial charge in [-0.05, 0) is 37.1 Å². The van der Waals surface area contributed by atoms with Crippen molar-refractivity contribution in [1.29, 1.82) is 0 Å². The first-order valence-electron chi connectivity index (χ1n) is 5.86. The Kier molecular flexibility index (Phi) is 3.44. The summed E-state index contributed by atoms with van der Waals surface area (Å²) in [5, 5.41) is 8.82. The summed E-state index contributed by atoms with van der Waals surface area (Å²) in [4.78, 5) is 13.1. The van der Waals surface area contributed by atoms with Gasteiger partial charge in [-0.2, -0.15) is 0 Å². The Bertz CT molecular complexity index is 351. The van der Waals surface area contributed by atoms with Crippen LogP contribution in [-0.4, -0.2) is 24.2 Å². The monoisotopic (exact) mass is 219 g/mol. The van der Waals surface area contributed by atoms with Gasteiger partial charge in [0.1, 0.15) is 0 Å². The second-order valence-corrected chi connectivity index (χ2v) is 4.25. The van der Waals surface area contributed by atoms with E-state index in [2.05, 4.69) is 4.90 Å². The number of carboxylic acid groups (broad SMARTS) is 1. The van der Waals surface area contributed by atoms with Gasteiger partial charge in [0.15, 0.2) is 0 Å². The van der Waals surface area contributed by atoms with Crippen molar-refractivity contribution in [3.63, 3.8) is 0 Å². The van der Waals surface area contributed by atoms with Crippen LogP contribution in [-0.2, 0) is 0 Å². The molecule has 3 heteroatoms. The normalized spacial score (nSPS) is 16.9. The summed E-state index contributed by atoms with van der Waals surface area (Å²) in [5.41, 5.74) is 1.51. The number of benzene rings is 1. The number of carboxylic acids is 1. The molecule has 0 saturated carbocycles. The average molecular weight is 219 g/mol. The molecule has 3 nitrogen and oxygen atoms in total. The van der Waals surface area contributed by atoms with Crippen molar-refractivity contribution in [3.05, 3.63) is 29.8 Å². The lowest BCUT2D eigenvalue weighted by molar-refractivity contribution is 0.0697. The van der Waals surface area contributed by atoms with E-state index in [0.29, 0.717) is 5.56 Å². The van der Waals surface area contributed by atoms with Crippen LogP contribution in [0.25, 0.3) is 0 Å². The van der Waals surface area contributed by atoms with Crippen LogP contribution in [0.2, 0.25) is 0 Å². The number of anilines is 1. The predicted octanol–water partition coefficient (Wildman–Crippen LogP) is 2.77. The fraction of sp³-hybridized carbons (Fsp3) is 0.462. The Balaban J connectivity index is 2.10. The molecule has 0 amide bonds. The largest absolute Gasteiger partial charge is 0.478 e. The zero-order valence-electron chi connectivity index (χ0n) is 9.35. The maximum atomic E-state index is 10.7. The molecular weight excluding hydrogens is 202 g/mol. The van der Waals surface area contributed by atoms with Crippen LogP contribution in [0.5, 0.6) is 0 Å². The summed E-state index contributed by atoms with van der Waals surface area (Å²) >= 11 is 0. The molecule has 86 valence electrons. The summed E-state index contributed by atoms with van der Waals surface area (Å²) in [5.74, 6) is -0.859. The molecule has 16 heavy (non-hydrogen) atoms. The van der Waals surface area contributed by atoms with E-state index in [1.165, 1.54) is 25.7 Å². The molecule has 0 aromatic heterocycles. The Hall–Kier alpha value is -1.51. The summed E-state index contributed by atoms with van der Waals surface area (Å²) < 4.78 is 0. The van der Waals surface area contributed by atoms with Gasteiger partial charge in [-0.3, -0.25) is 0 Å². The van der Waals surface area contributed by atoms with Crippen LogP contribution >= 0.6 is 0 Å². The molecule has 1 heterocycles. The Morgan fingerprint density at radius 3 is 2.06 bits per heavy atom. The fourth-order valence-electron chi connectivity index (χ4n) is 2.14. The Morgan fingerprint density at radius 2 is 1.56 bits per heavy atom. The van der Waals surface area contributed by atoms with Gasteiger partial charge in [0.25, 0.3) is 0 Å². The molecule has 0 radical (unpaired) electrons. The number of rotatable bonds is 2. The second-order valence-electron chi connectivity index (χ2n) is 4.25. The number of carbonyl (C=O) groups is 1. The standard InChI is InChI=1S/C13H17NO2/c15-13(16)11-5-7-12(8-6-11)14-9-3-1-2-4-10-14/h5-8H,1-4,9-10H2,(H,15,16). The number of aromatic carboxylic acids is 1. The molecule has 1 fully saturated rings. The SMILES string of the molecule is O=C(O)c1ccc(N2CCCCCC2)cc1. The van der Waals surface area contributed by atoms with E-state index in [0.717, 1.165) is 18.8 Å². The van der Waals surface area contributed by atoms with Crippen LogP contribution in [0.3, 0.4) is 0 Å². The third-order valence-corrected chi connectivity index (χ3v) is 3.09. The quantitative estimate of drug-likeness (QED) is 0.831. The Morgan fingerprint density at radius 1 is 1.00 bits per heavy atom. The van der Waals surface area contributed by atoms with E-state index in [9.17, 15) is 4.79 Å². The van der Waals surface area contributed by atoms with E-state index in [-0.39, 0.29) is 0 Å². The lowest BCUT2D eigenvalue weighted by atomic mass is 10.2. The van der Waals surface area contributed by atoms with Crippen LogP contribution in [0.1, 0.15) is 36.0 Å². The minimum absolute atomic E-state index is 0.360. The molecule has 0 aliphatic carbocycles. The van der Waals surface area contributed by atoms with Crippen LogP contribution in [0.15, 0.2) is 24.3 Å². The third-order valence-electron chi connectivity index (χ3n) is 3.09. The highest BCUT2D eigenvalue weighted by atomic mass is 16.4. The van der Waals surface area contributed by atoms with Crippen LogP contribution in [0, 0.1) is 0 Å². The van der Waals surface area contributed by atoms with Crippen molar-refractivity contribution < 1.29 is 9.90 Å². The van der Waals surface area contributed by atoms with Gasteiger partial charge >= 0.3 is 5.97 Å². The molecule has 0 bridgehead atoms. The van der Waals surface area contributed by atoms with Crippen molar-refractivity contribution in [3.8, 4) is 0 Å². The molecule has 0 atom stereocenters. The highest BCUT2D eigenvalue weighted by molar-refractivity contribution is 5.88. The van der Waals surface area contributed by atoms with Crippen molar-refractivity contribution in [1.82, 2.24) is 0 Å². The maximum absolute atomic E-state index is 10.7. The summed E-state index contributed by atoms with van der Waals surface area (Å²) in [6.07, 6.45) is 5.09. The average Bonchev–Trinajstić information content (AvgIpc) is 2.57. The molecular formula is C13H17NO2. The summed E-state index contributed by atoms with van der Waals surface area (Å²) in [7, 11) is 0. The topological polar surface area (TPSA) is 40.5 Å². The van der Waals surface area contributed by atoms with E-state index >= 15 is 0 Å². The van der Waals surface area contributed by atoms with Crippen molar-refractivity contribution >= 4 is 11.7 Å². The van der Waals surface area contributed by atoms with E-state index in [4.69, 9.17) is 5.11 Å². The first-order chi connectivity index (χ1) is 7.77. The lowest BCUT2D eigenvalue weighted by Gasteiger charge is -2.22.